The lowest BCUT2D eigenvalue weighted by Gasteiger charge is -2.16. The molecule has 0 radical (unpaired) electrons. The number of hydrogen-bond acceptors (Lipinski definition) is 2. The van der Waals surface area contributed by atoms with Crippen LogP contribution in [0.2, 0.25) is 0 Å². The fourth-order valence-electron chi connectivity index (χ4n) is 2.36. The molecule has 0 spiro atoms. The van der Waals surface area contributed by atoms with Crippen LogP contribution in [0, 0.1) is 0 Å². The molecular formula is C16H24N4O. The largest absolute Gasteiger partial charge is 0.356 e. The fraction of sp³-hybridized carbons (Fsp3) is 0.500. The first-order valence-corrected chi connectivity index (χ1v) is 7.58. The van der Waals surface area contributed by atoms with Crippen LogP contribution in [0.15, 0.2) is 29.3 Å². The molecule has 1 aliphatic heterocycles. The number of hydrogen-bond donors (Lipinski definition) is 2. The Morgan fingerprint density at radius 1 is 1.29 bits per heavy atom. The maximum absolute atomic E-state index is 11.7. The van der Waals surface area contributed by atoms with E-state index in [1.807, 2.05) is 17.0 Å². The van der Waals surface area contributed by atoms with E-state index in [2.05, 4.69) is 34.7 Å². The van der Waals surface area contributed by atoms with Gasteiger partial charge < -0.3 is 15.5 Å². The van der Waals surface area contributed by atoms with Crippen molar-refractivity contribution in [3.8, 4) is 0 Å². The first-order chi connectivity index (χ1) is 10.2. The van der Waals surface area contributed by atoms with Crippen molar-refractivity contribution in [3.63, 3.8) is 0 Å². The quantitative estimate of drug-likeness (QED) is 0.642. The first kappa shape index (κ1) is 15.4. The Morgan fingerprint density at radius 2 is 2.05 bits per heavy atom. The molecule has 0 aliphatic carbocycles. The van der Waals surface area contributed by atoms with E-state index in [0.717, 1.165) is 44.1 Å². The number of rotatable bonds is 5. The van der Waals surface area contributed by atoms with Gasteiger partial charge in [-0.05, 0) is 30.5 Å². The van der Waals surface area contributed by atoms with Gasteiger partial charge in [0.15, 0.2) is 5.96 Å². The molecule has 0 atom stereocenters. The number of amides is 1. The minimum absolute atomic E-state index is 0.227. The molecule has 1 aliphatic rings. The Morgan fingerprint density at radius 3 is 2.62 bits per heavy atom. The van der Waals surface area contributed by atoms with Crippen LogP contribution in [-0.2, 0) is 11.3 Å². The molecule has 1 heterocycles. The van der Waals surface area contributed by atoms with Gasteiger partial charge in [-0.1, -0.05) is 19.1 Å². The molecule has 2 rings (SSSR count). The predicted molar refractivity (Wildman–Crippen MR) is 86.5 cm³/mol. The van der Waals surface area contributed by atoms with Crippen LogP contribution in [0.5, 0.6) is 0 Å². The summed E-state index contributed by atoms with van der Waals surface area (Å²) in [4.78, 5) is 17.7. The summed E-state index contributed by atoms with van der Waals surface area (Å²) in [6.07, 6.45) is 2.70. The highest BCUT2D eigenvalue weighted by atomic mass is 16.2. The molecule has 114 valence electrons. The number of guanidine groups is 1. The summed E-state index contributed by atoms with van der Waals surface area (Å²) in [6.45, 7) is 4.59. The molecule has 1 saturated heterocycles. The Balaban J connectivity index is 1.89. The zero-order valence-corrected chi connectivity index (χ0v) is 12.9. The predicted octanol–water partition coefficient (Wildman–Crippen LogP) is 1.89. The molecule has 1 aromatic carbocycles. The maximum atomic E-state index is 11.7. The van der Waals surface area contributed by atoms with E-state index >= 15 is 0 Å². The monoisotopic (exact) mass is 288 g/mol. The number of aliphatic imine (C=N–C) groups is 1. The Bertz CT molecular complexity index is 496. The Kier molecular flexibility index (Phi) is 5.60. The number of nitrogens with one attached hydrogen (secondary N) is 2. The van der Waals surface area contributed by atoms with Crippen LogP contribution in [0.1, 0.15) is 31.7 Å². The van der Waals surface area contributed by atoms with E-state index in [1.165, 1.54) is 5.56 Å². The van der Waals surface area contributed by atoms with Gasteiger partial charge in [0.25, 0.3) is 0 Å². The summed E-state index contributed by atoms with van der Waals surface area (Å²) >= 11 is 0. The van der Waals surface area contributed by atoms with Crippen LogP contribution in [0.25, 0.3) is 0 Å². The average molecular weight is 288 g/mol. The lowest BCUT2D eigenvalue weighted by Crippen LogP contribution is -2.37. The van der Waals surface area contributed by atoms with E-state index in [4.69, 9.17) is 0 Å². The zero-order valence-electron chi connectivity index (χ0n) is 12.9. The lowest BCUT2D eigenvalue weighted by molar-refractivity contribution is -0.117. The summed E-state index contributed by atoms with van der Waals surface area (Å²) in [5.41, 5.74) is 2.17. The third-order valence-corrected chi connectivity index (χ3v) is 3.55. The highest BCUT2D eigenvalue weighted by molar-refractivity contribution is 5.95. The SMILES string of the molecule is CCCNC(=NC)NCc1ccc(N2CCCC2=O)cc1. The summed E-state index contributed by atoms with van der Waals surface area (Å²) in [5.74, 6) is 1.04. The number of anilines is 1. The van der Waals surface area contributed by atoms with Gasteiger partial charge in [0.1, 0.15) is 0 Å². The van der Waals surface area contributed by atoms with Gasteiger partial charge in [0.05, 0.1) is 0 Å². The van der Waals surface area contributed by atoms with Crippen molar-refractivity contribution in [1.82, 2.24) is 10.6 Å². The van der Waals surface area contributed by atoms with Gasteiger partial charge in [-0.2, -0.15) is 0 Å². The fourth-order valence-corrected chi connectivity index (χ4v) is 2.36. The van der Waals surface area contributed by atoms with Gasteiger partial charge in [0, 0.05) is 38.8 Å². The van der Waals surface area contributed by atoms with Crippen LogP contribution in [0.3, 0.4) is 0 Å². The molecule has 1 fully saturated rings. The zero-order chi connectivity index (χ0) is 15.1. The van der Waals surface area contributed by atoms with Crippen molar-refractivity contribution in [3.05, 3.63) is 29.8 Å². The smallest absolute Gasteiger partial charge is 0.227 e. The molecule has 0 aromatic heterocycles. The van der Waals surface area contributed by atoms with Crippen molar-refractivity contribution in [2.24, 2.45) is 4.99 Å². The van der Waals surface area contributed by atoms with E-state index in [1.54, 1.807) is 7.05 Å². The molecule has 0 unspecified atom stereocenters. The summed E-state index contributed by atoms with van der Waals surface area (Å²) in [5, 5.41) is 6.51. The molecule has 0 bridgehead atoms. The molecule has 1 amide bonds. The van der Waals surface area contributed by atoms with Gasteiger partial charge in [-0.15, -0.1) is 0 Å². The number of benzene rings is 1. The summed E-state index contributed by atoms with van der Waals surface area (Å²) in [7, 11) is 1.77. The average Bonchev–Trinajstić information content (AvgIpc) is 2.94. The third-order valence-electron chi connectivity index (χ3n) is 3.55. The highest BCUT2D eigenvalue weighted by Gasteiger charge is 2.21. The van der Waals surface area contributed by atoms with E-state index in [0.29, 0.717) is 6.42 Å². The minimum Gasteiger partial charge on any atom is -0.356 e. The van der Waals surface area contributed by atoms with E-state index in [9.17, 15) is 4.79 Å². The van der Waals surface area contributed by atoms with Crippen molar-refractivity contribution >= 4 is 17.6 Å². The second-order valence-corrected chi connectivity index (χ2v) is 5.17. The number of carbonyl (C=O) groups excluding carboxylic acids is 1. The molecule has 5 nitrogen and oxygen atoms in total. The van der Waals surface area contributed by atoms with Crippen molar-refractivity contribution in [2.45, 2.75) is 32.7 Å². The van der Waals surface area contributed by atoms with Gasteiger partial charge in [-0.25, -0.2) is 0 Å². The molecular weight excluding hydrogens is 264 g/mol. The number of nitrogens with zero attached hydrogens (tertiary/aromatic N) is 2. The summed E-state index contributed by atoms with van der Waals surface area (Å²) in [6, 6.07) is 8.15. The normalized spacial score (nSPS) is 15.4. The maximum Gasteiger partial charge on any atom is 0.227 e. The van der Waals surface area contributed by atoms with E-state index in [-0.39, 0.29) is 5.91 Å². The molecule has 21 heavy (non-hydrogen) atoms. The second kappa shape index (κ2) is 7.67. The summed E-state index contributed by atoms with van der Waals surface area (Å²) < 4.78 is 0. The van der Waals surface area contributed by atoms with Crippen molar-refractivity contribution in [2.75, 3.05) is 25.0 Å². The van der Waals surface area contributed by atoms with Crippen molar-refractivity contribution < 1.29 is 4.79 Å². The van der Waals surface area contributed by atoms with Crippen LogP contribution in [-0.4, -0.2) is 32.0 Å². The van der Waals surface area contributed by atoms with Crippen LogP contribution < -0.4 is 15.5 Å². The second-order valence-electron chi connectivity index (χ2n) is 5.17. The van der Waals surface area contributed by atoms with E-state index < -0.39 is 0 Å². The highest BCUT2D eigenvalue weighted by Crippen LogP contribution is 2.21. The molecule has 1 aromatic rings. The van der Waals surface area contributed by atoms with Gasteiger partial charge in [0.2, 0.25) is 5.91 Å². The van der Waals surface area contributed by atoms with Gasteiger partial charge in [-0.3, -0.25) is 9.79 Å². The lowest BCUT2D eigenvalue weighted by atomic mass is 10.2. The first-order valence-electron chi connectivity index (χ1n) is 7.58. The molecule has 5 heteroatoms. The number of carbonyl (C=O) groups is 1. The van der Waals surface area contributed by atoms with Crippen LogP contribution in [0.4, 0.5) is 5.69 Å². The Labute approximate surface area is 126 Å². The minimum atomic E-state index is 0.227. The van der Waals surface area contributed by atoms with Crippen LogP contribution >= 0.6 is 0 Å². The third kappa shape index (κ3) is 4.21. The molecule has 2 N–H and O–H groups in total. The standard InChI is InChI=1S/C16H24N4O/c1-3-10-18-16(17-2)19-12-13-6-8-14(9-7-13)20-11-4-5-15(20)21/h6-9H,3-5,10-12H2,1-2H3,(H2,17,18,19). The van der Waals surface area contributed by atoms with Crippen molar-refractivity contribution in [1.29, 1.82) is 0 Å². The topological polar surface area (TPSA) is 56.7 Å². The molecule has 0 saturated carbocycles. The van der Waals surface area contributed by atoms with Gasteiger partial charge >= 0.3 is 0 Å². The Hall–Kier alpha value is -2.04.